The van der Waals surface area contributed by atoms with E-state index in [9.17, 15) is 19.7 Å². The molecule has 2 aromatic carbocycles. The van der Waals surface area contributed by atoms with Crippen molar-refractivity contribution >= 4 is 40.9 Å². The van der Waals surface area contributed by atoms with Crippen molar-refractivity contribution in [2.24, 2.45) is 0 Å². The normalized spacial score (nSPS) is 14.0. The van der Waals surface area contributed by atoms with Crippen molar-refractivity contribution in [1.82, 2.24) is 0 Å². The number of nitro benzene ring substituents is 1. The van der Waals surface area contributed by atoms with Crippen LogP contribution in [0.3, 0.4) is 0 Å². The zero-order valence-electron chi connectivity index (χ0n) is 14.1. The molecule has 3 rings (SSSR count). The molecule has 1 aliphatic heterocycles. The van der Waals surface area contributed by atoms with Gasteiger partial charge in [0.2, 0.25) is 5.91 Å². The second-order valence-electron chi connectivity index (χ2n) is 5.87. The van der Waals surface area contributed by atoms with Crippen LogP contribution in [0.4, 0.5) is 11.4 Å². The number of amides is 1. The Kier molecular flexibility index (Phi) is 5.52. The van der Waals surface area contributed by atoms with E-state index in [1.807, 2.05) is 0 Å². The first kappa shape index (κ1) is 18.6. The molecule has 0 atom stereocenters. The van der Waals surface area contributed by atoms with E-state index in [2.05, 4.69) is 0 Å². The molecule has 27 heavy (non-hydrogen) atoms. The zero-order valence-corrected chi connectivity index (χ0v) is 14.9. The Morgan fingerprint density at radius 2 is 2.07 bits per heavy atom. The molecule has 0 bridgehead atoms. The van der Waals surface area contributed by atoms with Gasteiger partial charge in [0.25, 0.3) is 5.69 Å². The smallest absolute Gasteiger partial charge is 0.336 e. The Morgan fingerprint density at radius 1 is 1.26 bits per heavy atom. The Hall–Kier alpha value is -3.19. The van der Waals surface area contributed by atoms with Gasteiger partial charge in [-0.2, -0.15) is 0 Å². The van der Waals surface area contributed by atoms with Crippen molar-refractivity contribution in [2.45, 2.75) is 12.8 Å². The predicted molar refractivity (Wildman–Crippen MR) is 101 cm³/mol. The van der Waals surface area contributed by atoms with Crippen molar-refractivity contribution in [1.29, 1.82) is 0 Å². The van der Waals surface area contributed by atoms with Gasteiger partial charge in [0.1, 0.15) is 10.8 Å². The lowest BCUT2D eigenvalue weighted by atomic mass is 10.2. The molecule has 0 saturated carbocycles. The van der Waals surface area contributed by atoms with Crippen LogP contribution >= 0.6 is 11.6 Å². The summed E-state index contributed by atoms with van der Waals surface area (Å²) in [6, 6.07) is 10.9. The molecule has 0 aliphatic carbocycles. The fourth-order valence-electron chi connectivity index (χ4n) is 2.72. The molecule has 0 radical (unpaired) electrons. The van der Waals surface area contributed by atoms with Crippen LogP contribution in [-0.4, -0.2) is 23.3 Å². The lowest BCUT2D eigenvalue weighted by Gasteiger charge is -2.16. The van der Waals surface area contributed by atoms with E-state index in [1.165, 1.54) is 24.3 Å². The largest absolute Gasteiger partial charge is 0.423 e. The molecule has 8 heteroatoms. The number of hydrogen-bond donors (Lipinski definition) is 0. The van der Waals surface area contributed by atoms with Crippen LogP contribution in [-0.2, 0) is 9.59 Å². The van der Waals surface area contributed by atoms with Crippen molar-refractivity contribution in [3.63, 3.8) is 0 Å². The Labute approximate surface area is 160 Å². The topological polar surface area (TPSA) is 89.8 Å². The number of anilines is 1. The van der Waals surface area contributed by atoms with Gasteiger partial charge in [-0.05, 0) is 36.3 Å². The van der Waals surface area contributed by atoms with Crippen LogP contribution in [0.1, 0.15) is 18.4 Å². The van der Waals surface area contributed by atoms with Crippen molar-refractivity contribution in [2.75, 3.05) is 11.4 Å². The number of nitro groups is 1. The predicted octanol–water partition coefficient (Wildman–Crippen LogP) is 3.99. The quantitative estimate of drug-likeness (QED) is 0.255. The minimum absolute atomic E-state index is 0.0213. The molecule has 0 N–H and O–H groups in total. The summed E-state index contributed by atoms with van der Waals surface area (Å²) >= 11 is 5.75. The summed E-state index contributed by atoms with van der Waals surface area (Å²) in [5.41, 5.74) is 0.884. The SMILES string of the molecule is O=C(/C=C/c1ccc(Cl)c([N+](=O)[O-])c1)Oc1cccc(N2CCCC2=O)c1. The lowest BCUT2D eigenvalue weighted by Crippen LogP contribution is -2.23. The molecule has 0 spiro atoms. The van der Waals surface area contributed by atoms with Crippen LogP contribution in [0.5, 0.6) is 5.75 Å². The highest BCUT2D eigenvalue weighted by Crippen LogP contribution is 2.27. The minimum Gasteiger partial charge on any atom is -0.423 e. The van der Waals surface area contributed by atoms with Gasteiger partial charge in [-0.15, -0.1) is 0 Å². The molecule has 2 aromatic rings. The average molecular weight is 387 g/mol. The maximum Gasteiger partial charge on any atom is 0.336 e. The molecular weight excluding hydrogens is 372 g/mol. The van der Waals surface area contributed by atoms with Crippen LogP contribution < -0.4 is 9.64 Å². The van der Waals surface area contributed by atoms with E-state index in [-0.39, 0.29) is 16.6 Å². The van der Waals surface area contributed by atoms with E-state index < -0.39 is 10.9 Å². The molecule has 1 fully saturated rings. The number of esters is 1. The molecule has 1 saturated heterocycles. The monoisotopic (exact) mass is 386 g/mol. The van der Waals surface area contributed by atoms with Crippen LogP contribution in [0.15, 0.2) is 48.5 Å². The van der Waals surface area contributed by atoms with Crippen LogP contribution in [0.25, 0.3) is 6.08 Å². The van der Waals surface area contributed by atoms with E-state index in [1.54, 1.807) is 35.2 Å². The minimum atomic E-state index is -0.641. The Morgan fingerprint density at radius 3 is 2.78 bits per heavy atom. The number of carbonyl (C=O) groups excluding carboxylic acids is 2. The summed E-state index contributed by atoms with van der Waals surface area (Å²) in [6.45, 7) is 0.644. The first-order chi connectivity index (χ1) is 12.9. The fraction of sp³-hybridized carbons (Fsp3) is 0.158. The third-order valence-corrected chi connectivity index (χ3v) is 4.32. The highest BCUT2D eigenvalue weighted by atomic mass is 35.5. The summed E-state index contributed by atoms with van der Waals surface area (Å²) < 4.78 is 5.25. The number of halogens is 1. The van der Waals surface area contributed by atoms with E-state index in [4.69, 9.17) is 16.3 Å². The summed E-state index contributed by atoms with van der Waals surface area (Å²) in [6.07, 6.45) is 3.89. The molecular formula is C19H15ClN2O5. The molecule has 1 aliphatic rings. The molecule has 1 heterocycles. The fourth-order valence-corrected chi connectivity index (χ4v) is 2.91. The summed E-state index contributed by atoms with van der Waals surface area (Å²) in [7, 11) is 0. The highest BCUT2D eigenvalue weighted by Gasteiger charge is 2.22. The molecule has 138 valence electrons. The maximum absolute atomic E-state index is 12.0. The molecule has 1 amide bonds. The van der Waals surface area contributed by atoms with Gasteiger partial charge in [0.15, 0.2) is 0 Å². The number of nitrogens with zero attached hydrogens (tertiary/aromatic N) is 2. The van der Waals surface area contributed by atoms with Gasteiger partial charge in [-0.1, -0.05) is 23.7 Å². The second-order valence-corrected chi connectivity index (χ2v) is 6.28. The maximum atomic E-state index is 12.0. The average Bonchev–Trinajstić information content (AvgIpc) is 3.07. The molecule has 7 nitrogen and oxygen atoms in total. The van der Waals surface area contributed by atoms with E-state index in [0.29, 0.717) is 30.0 Å². The molecule has 0 unspecified atom stereocenters. The lowest BCUT2D eigenvalue weighted by molar-refractivity contribution is -0.384. The standard InChI is InChI=1S/C19H15ClN2O5/c20-16-8-6-13(11-17(16)22(25)26)7-9-19(24)27-15-4-1-3-14(12-15)21-10-2-5-18(21)23/h1,3-4,6-9,11-12H,2,5,10H2/b9-7+. The number of benzene rings is 2. The summed E-state index contributed by atoms with van der Waals surface area (Å²) in [5, 5.41) is 10.9. The van der Waals surface area contributed by atoms with Crippen LogP contribution in [0, 0.1) is 10.1 Å². The first-order valence-corrected chi connectivity index (χ1v) is 8.56. The number of carbonyl (C=O) groups is 2. The van der Waals surface area contributed by atoms with Crippen molar-refractivity contribution < 1.29 is 19.2 Å². The third kappa shape index (κ3) is 4.51. The van der Waals surface area contributed by atoms with Gasteiger partial charge >= 0.3 is 5.97 Å². The Balaban J connectivity index is 1.69. The number of ether oxygens (including phenoxy) is 1. The van der Waals surface area contributed by atoms with Gasteiger partial charge in [-0.3, -0.25) is 14.9 Å². The highest BCUT2D eigenvalue weighted by molar-refractivity contribution is 6.32. The van der Waals surface area contributed by atoms with Gasteiger partial charge in [0.05, 0.1) is 4.92 Å². The number of rotatable bonds is 5. The van der Waals surface area contributed by atoms with E-state index in [0.717, 1.165) is 6.42 Å². The zero-order chi connectivity index (χ0) is 19.4. The van der Waals surface area contributed by atoms with Gasteiger partial charge < -0.3 is 9.64 Å². The molecule has 0 aromatic heterocycles. The van der Waals surface area contributed by atoms with Gasteiger partial charge in [-0.25, -0.2) is 4.79 Å². The summed E-state index contributed by atoms with van der Waals surface area (Å²) in [5.74, 6) is -0.288. The second kappa shape index (κ2) is 8.01. The van der Waals surface area contributed by atoms with Crippen molar-refractivity contribution in [3.8, 4) is 5.75 Å². The third-order valence-electron chi connectivity index (χ3n) is 4.00. The van der Waals surface area contributed by atoms with E-state index >= 15 is 0 Å². The Bertz CT molecular complexity index is 941. The van der Waals surface area contributed by atoms with Crippen molar-refractivity contribution in [3.05, 3.63) is 69.2 Å². The summed E-state index contributed by atoms with van der Waals surface area (Å²) in [4.78, 5) is 35.8. The van der Waals surface area contributed by atoms with Gasteiger partial charge in [0, 0.05) is 36.9 Å². The first-order valence-electron chi connectivity index (χ1n) is 8.18. The van der Waals surface area contributed by atoms with Crippen LogP contribution in [0.2, 0.25) is 5.02 Å². The number of hydrogen-bond acceptors (Lipinski definition) is 5.